The number of thioether (sulfide) groups is 1. The lowest BCUT2D eigenvalue weighted by molar-refractivity contribution is -0.113. The molecule has 2 aromatic carbocycles. The van der Waals surface area contributed by atoms with E-state index < -0.39 is 0 Å². The van der Waals surface area contributed by atoms with Crippen molar-refractivity contribution in [1.29, 1.82) is 0 Å². The Morgan fingerprint density at radius 3 is 2.67 bits per heavy atom. The van der Waals surface area contributed by atoms with E-state index in [4.69, 9.17) is 14.2 Å². The first-order chi connectivity index (χ1) is 13.1. The molecular formula is C20H18N2O4S. The molecule has 138 valence electrons. The van der Waals surface area contributed by atoms with Crippen LogP contribution in [-0.4, -0.2) is 30.5 Å². The highest BCUT2D eigenvalue weighted by Gasteiger charge is 2.16. The van der Waals surface area contributed by atoms with Crippen molar-refractivity contribution in [2.75, 3.05) is 25.0 Å². The van der Waals surface area contributed by atoms with Crippen molar-refractivity contribution >= 4 is 34.3 Å². The second kappa shape index (κ2) is 7.36. The van der Waals surface area contributed by atoms with E-state index in [9.17, 15) is 4.79 Å². The molecule has 1 aromatic heterocycles. The quantitative estimate of drug-likeness (QED) is 0.673. The zero-order chi connectivity index (χ0) is 18.8. The van der Waals surface area contributed by atoms with Crippen LogP contribution in [0.15, 0.2) is 47.5 Å². The van der Waals surface area contributed by atoms with Gasteiger partial charge in [0, 0.05) is 17.1 Å². The predicted molar refractivity (Wildman–Crippen MR) is 105 cm³/mol. The van der Waals surface area contributed by atoms with Crippen molar-refractivity contribution in [3.8, 4) is 17.2 Å². The third-order valence-electron chi connectivity index (χ3n) is 4.17. The van der Waals surface area contributed by atoms with Crippen LogP contribution in [0.2, 0.25) is 0 Å². The van der Waals surface area contributed by atoms with Gasteiger partial charge in [0.05, 0.1) is 18.4 Å². The Hall–Kier alpha value is -2.93. The Bertz CT molecular complexity index is 1010. The van der Waals surface area contributed by atoms with Gasteiger partial charge >= 0.3 is 0 Å². The fraction of sp³-hybridized carbons (Fsp3) is 0.200. The molecule has 1 aliphatic heterocycles. The van der Waals surface area contributed by atoms with Gasteiger partial charge in [0.1, 0.15) is 10.8 Å². The maximum absolute atomic E-state index is 12.2. The first-order valence-electron chi connectivity index (χ1n) is 8.40. The number of pyridine rings is 1. The van der Waals surface area contributed by atoms with E-state index in [-0.39, 0.29) is 18.5 Å². The second-order valence-corrected chi connectivity index (χ2v) is 7.04. The van der Waals surface area contributed by atoms with Gasteiger partial charge in [0.15, 0.2) is 11.5 Å². The number of amides is 1. The third kappa shape index (κ3) is 3.78. The highest BCUT2D eigenvalue weighted by Crippen LogP contribution is 2.36. The van der Waals surface area contributed by atoms with Crippen molar-refractivity contribution in [1.82, 2.24) is 4.98 Å². The Balaban J connectivity index is 1.45. The number of aryl methyl sites for hydroxylation is 1. The molecule has 0 spiro atoms. The highest BCUT2D eigenvalue weighted by molar-refractivity contribution is 8.00. The van der Waals surface area contributed by atoms with Gasteiger partial charge in [0.2, 0.25) is 12.7 Å². The number of fused-ring (bicyclic) bond motifs is 2. The number of methoxy groups -OCH3 is 1. The molecule has 2 heterocycles. The summed E-state index contributed by atoms with van der Waals surface area (Å²) in [5.41, 5.74) is 2.57. The van der Waals surface area contributed by atoms with Crippen molar-refractivity contribution in [3.05, 3.63) is 48.0 Å². The summed E-state index contributed by atoms with van der Waals surface area (Å²) >= 11 is 1.41. The molecule has 1 aliphatic rings. The Morgan fingerprint density at radius 1 is 1.19 bits per heavy atom. The molecule has 0 atom stereocenters. The molecule has 3 aromatic rings. The van der Waals surface area contributed by atoms with Crippen LogP contribution in [-0.2, 0) is 4.79 Å². The van der Waals surface area contributed by atoms with Gasteiger partial charge in [-0.05, 0) is 48.9 Å². The largest absolute Gasteiger partial charge is 0.497 e. The molecule has 0 aliphatic carbocycles. The number of nitrogens with one attached hydrogen (secondary N) is 1. The molecule has 0 unspecified atom stereocenters. The van der Waals surface area contributed by atoms with Gasteiger partial charge in [-0.15, -0.1) is 0 Å². The summed E-state index contributed by atoms with van der Waals surface area (Å²) in [6.45, 7) is 2.22. The van der Waals surface area contributed by atoms with Gasteiger partial charge in [0.25, 0.3) is 0 Å². The van der Waals surface area contributed by atoms with E-state index in [1.807, 2.05) is 49.4 Å². The summed E-state index contributed by atoms with van der Waals surface area (Å²) in [6.07, 6.45) is 0. The summed E-state index contributed by atoms with van der Waals surface area (Å²) in [6, 6.07) is 13.1. The van der Waals surface area contributed by atoms with Crippen LogP contribution in [0, 0.1) is 6.92 Å². The van der Waals surface area contributed by atoms with E-state index in [2.05, 4.69) is 10.3 Å². The average molecular weight is 382 g/mol. The van der Waals surface area contributed by atoms with Crippen LogP contribution in [0.4, 0.5) is 5.69 Å². The minimum Gasteiger partial charge on any atom is -0.497 e. The molecule has 7 heteroatoms. The molecule has 0 bridgehead atoms. The van der Waals surface area contributed by atoms with E-state index in [0.29, 0.717) is 5.75 Å². The number of carbonyl (C=O) groups is 1. The molecule has 0 saturated carbocycles. The van der Waals surface area contributed by atoms with Crippen molar-refractivity contribution in [3.63, 3.8) is 0 Å². The lowest BCUT2D eigenvalue weighted by atomic mass is 10.1. The van der Waals surface area contributed by atoms with Crippen LogP contribution in [0.5, 0.6) is 17.2 Å². The van der Waals surface area contributed by atoms with Crippen molar-refractivity contribution in [2.24, 2.45) is 0 Å². The molecule has 1 amide bonds. The SMILES string of the molecule is COc1ccc(NC(=O)CSc2nc3cc4c(cc3cc2C)OCO4)cc1. The first kappa shape index (κ1) is 17.5. The summed E-state index contributed by atoms with van der Waals surface area (Å²) in [7, 11) is 1.61. The number of anilines is 1. The van der Waals surface area contributed by atoms with Gasteiger partial charge in [-0.3, -0.25) is 4.79 Å². The molecule has 6 nitrogen and oxygen atoms in total. The monoisotopic (exact) mass is 382 g/mol. The average Bonchev–Trinajstić information content (AvgIpc) is 3.12. The number of hydrogen-bond acceptors (Lipinski definition) is 6. The normalized spacial score (nSPS) is 12.2. The second-order valence-electron chi connectivity index (χ2n) is 6.07. The molecule has 0 radical (unpaired) electrons. The predicted octanol–water partition coefficient (Wildman–Crippen LogP) is 4.01. The maximum atomic E-state index is 12.2. The molecule has 27 heavy (non-hydrogen) atoms. The number of carbonyl (C=O) groups excluding carboxylic acids is 1. The maximum Gasteiger partial charge on any atom is 0.234 e. The molecule has 1 N–H and O–H groups in total. The number of benzene rings is 2. The number of nitrogens with zero attached hydrogens (tertiary/aromatic N) is 1. The number of aromatic nitrogens is 1. The van der Waals surface area contributed by atoms with Crippen LogP contribution in [0.3, 0.4) is 0 Å². The number of hydrogen-bond donors (Lipinski definition) is 1. The van der Waals surface area contributed by atoms with Crippen LogP contribution < -0.4 is 19.5 Å². The van der Waals surface area contributed by atoms with Crippen LogP contribution in [0.1, 0.15) is 5.56 Å². The van der Waals surface area contributed by atoms with Gasteiger partial charge in [-0.25, -0.2) is 4.98 Å². The lowest BCUT2D eigenvalue weighted by Crippen LogP contribution is -2.14. The summed E-state index contributed by atoms with van der Waals surface area (Å²) < 4.78 is 15.9. The summed E-state index contributed by atoms with van der Waals surface area (Å²) in [4.78, 5) is 16.9. The van der Waals surface area contributed by atoms with E-state index in [1.165, 1.54) is 11.8 Å². The van der Waals surface area contributed by atoms with E-state index >= 15 is 0 Å². The zero-order valence-corrected chi connectivity index (χ0v) is 15.8. The molecule has 0 saturated heterocycles. The summed E-state index contributed by atoms with van der Waals surface area (Å²) in [5, 5.41) is 4.69. The molecule has 4 rings (SSSR count). The smallest absolute Gasteiger partial charge is 0.234 e. The fourth-order valence-corrected chi connectivity index (χ4v) is 3.59. The standard InChI is InChI=1S/C20H18N2O4S/c1-12-7-13-8-17-18(26-11-25-17)9-16(13)22-20(12)27-10-19(23)21-14-3-5-15(24-2)6-4-14/h3-9H,10-11H2,1-2H3,(H,21,23). The third-order valence-corrected chi connectivity index (χ3v) is 5.26. The Labute approximate surface area is 160 Å². The van der Waals surface area contributed by atoms with Gasteiger partial charge in [-0.1, -0.05) is 11.8 Å². The lowest BCUT2D eigenvalue weighted by Gasteiger charge is -2.09. The van der Waals surface area contributed by atoms with Crippen LogP contribution in [0.25, 0.3) is 10.9 Å². The minimum absolute atomic E-state index is 0.0860. The number of rotatable bonds is 5. The number of ether oxygens (including phenoxy) is 3. The Kier molecular flexibility index (Phi) is 4.77. The fourth-order valence-electron chi connectivity index (χ4n) is 2.80. The van der Waals surface area contributed by atoms with Gasteiger partial charge in [-0.2, -0.15) is 0 Å². The van der Waals surface area contributed by atoms with Gasteiger partial charge < -0.3 is 19.5 Å². The minimum atomic E-state index is -0.0860. The summed E-state index contributed by atoms with van der Waals surface area (Å²) in [5.74, 6) is 2.38. The first-order valence-corrected chi connectivity index (χ1v) is 9.38. The molecule has 0 fully saturated rings. The molecular weight excluding hydrogens is 364 g/mol. The Morgan fingerprint density at radius 2 is 1.93 bits per heavy atom. The van der Waals surface area contributed by atoms with E-state index in [1.54, 1.807) is 7.11 Å². The zero-order valence-electron chi connectivity index (χ0n) is 14.9. The van der Waals surface area contributed by atoms with Crippen molar-refractivity contribution < 1.29 is 19.0 Å². The topological polar surface area (TPSA) is 69.7 Å². The highest BCUT2D eigenvalue weighted by atomic mass is 32.2. The van der Waals surface area contributed by atoms with Crippen LogP contribution >= 0.6 is 11.8 Å². The van der Waals surface area contributed by atoms with Crippen molar-refractivity contribution in [2.45, 2.75) is 11.9 Å². The van der Waals surface area contributed by atoms with E-state index in [0.717, 1.165) is 38.7 Å².